The number of ether oxygens (including phenoxy) is 1. The van der Waals surface area contributed by atoms with Gasteiger partial charge in [-0.1, -0.05) is 26.6 Å². The number of quaternary nitrogens is 1. The summed E-state index contributed by atoms with van der Waals surface area (Å²) >= 11 is 0. The molecule has 0 saturated carbocycles. The summed E-state index contributed by atoms with van der Waals surface area (Å²) in [6.07, 6.45) is -1.56. The van der Waals surface area contributed by atoms with Gasteiger partial charge in [-0.25, -0.2) is 9.28 Å². The second-order valence-electron chi connectivity index (χ2n) is 9.72. The summed E-state index contributed by atoms with van der Waals surface area (Å²) in [7, 11) is -1.36. The van der Waals surface area contributed by atoms with Crippen LogP contribution in [0.5, 0.6) is 0 Å². The monoisotopic (exact) mass is 403 g/mol. The predicted molar refractivity (Wildman–Crippen MR) is 105 cm³/mol. The fraction of sp³-hybridized carbons (Fsp3) is 0.833. The van der Waals surface area contributed by atoms with Gasteiger partial charge >= 0.3 is 18.2 Å². The van der Waals surface area contributed by atoms with E-state index in [1.807, 2.05) is 0 Å². The van der Waals surface area contributed by atoms with Crippen molar-refractivity contribution in [3.05, 3.63) is 0 Å². The van der Waals surface area contributed by atoms with E-state index in [1.54, 1.807) is 27.7 Å². The van der Waals surface area contributed by atoms with Crippen molar-refractivity contribution in [1.29, 1.82) is 0 Å². The lowest BCUT2D eigenvalue weighted by Crippen LogP contribution is -2.63. The molecular formula is C18H35N2O6Si+. The third-order valence-electron chi connectivity index (χ3n) is 5.80. The van der Waals surface area contributed by atoms with Crippen molar-refractivity contribution >= 4 is 26.2 Å². The summed E-state index contributed by atoms with van der Waals surface area (Å²) in [5.74, 6) is -1.09. The number of likely N-dealkylation sites (tertiary alicyclic amines) is 1. The third kappa shape index (κ3) is 4.81. The van der Waals surface area contributed by atoms with E-state index in [4.69, 9.17) is 4.74 Å². The molecule has 0 aliphatic carbocycles. The van der Waals surface area contributed by atoms with E-state index in [-0.39, 0.29) is 26.1 Å². The zero-order valence-corrected chi connectivity index (χ0v) is 18.6. The van der Waals surface area contributed by atoms with E-state index in [2.05, 4.69) is 25.0 Å². The first-order chi connectivity index (χ1) is 12.1. The van der Waals surface area contributed by atoms with Gasteiger partial charge in [-0.15, -0.1) is 0 Å². The van der Waals surface area contributed by atoms with Gasteiger partial charge < -0.3 is 20.3 Å². The average molecular weight is 404 g/mol. The molecule has 2 amide bonds. The molecule has 1 aliphatic heterocycles. The Labute approximate surface area is 162 Å². The van der Waals surface area contributed by atoms with Gasteiger partial charge in [0.15, 0.2) is 0 Å². The Morgan fingerprint density at radius 1 is 1.22 bits per heavy atom. The quantitative estimate of drug-likeness (QED) is 0.464. The van der Waals surface area contributed by atoms with Crippen LogP contribution in [0.15, 0.2) is 0 Å². The highest BCUT2D eigenvalue weighted by Crippen LogP contribution is 2.44. The van der Waals surface area contributed by atoms with Crippen LogP contribution in [0, 0.1) is 5.41 Å². The molecule has 8 nitrogen and oxygen atoms in total. The second kappa shape index (κ2) is 7.79. The van der Waals surface area contributed by atoms with Crippen LogP contribution in [0.2, 0.25) is 25.7 Å². The Bertz CT molecular complexity index is 598. The van der Waals surface area contributed by atoms with Gasteiger partial charge in [-0.05, 0) is 33.2 Å². The summed E-state index contributed by atoms with van der Waals surface area (Å²) in [5.41, 5.74) is -2.08. The largest absolute Gasteiger partial charge is 0.514 e. The van der Waals surface area contributed by atoms with Crippen LogP contribution in [0.25, 0.3) is 0 Å². The van der Waals surface area contributed by atoms with Crippen LogP contribution in [-0.4, -0.2) is 72.2 Å². The van der Waals surface area contributed by atoms with Crippen molar-refractivity contribution in [2.45, 2.75) is 71.4 Å². The third-order valence-corrected chi connectivity index (χ3v) is 7.50. The number of nitrogens with one attached hydrogen (secondary N) is 1. The first-order valence-electron chi connectivity index (χ1n) is 9.39. The number of rotatable bonds is 6. The number of carboxylic acid groups (broad SMARTS) is 2. The van der Waals surface area contributed by atoms with Gasteiger partial charge in [0.05, 0.1) is 6.61 Å². The minimum atomic E-state index is -1.36. The van der Waals surface area contributed by atoms with E-state index < -0.39 is 47.7 Å². The van der Waals surface area contributed by atoms with E-state index in [0.717, 1.165) is 6.04 Å². The molecule has 1 heterocycles. The molecule has 1 saturated heterocycles. The molecule has 156 valence electrons. The maximum atomic E-state index is 12.3. The Morgan fingerprint density at radius 3 is 2.15 bits per heavy atom. The highest BCUT2D eigenvalue weighted by atomic mass is 28.3. The Balaban J connectivity index is 3.10. The van der Waals surface area contributed by atoms with Gasteiger partial charge in [-0.2, -0.15) is 4.79 Å². The molecule has 3 unspecified atom stereocenters. The number of carbonyl (C=O) groups is 3. The van der Waals surface area contributed by atoms with Gasteiger partial charge in [0, 0.05) is 8.07 Å². The Hall–Kier alpha value is -1.61. The number of hydrogen-bond acceptors (Lipinski definition) is 4. The highest BCUT2D eigenvalue weighted by Gasteiger charge is 2.66. The lowest BCUT2D eigenvalue weighted by atomic mass is 9.80. The van der Waals surface area contributed by atoms with Crippen LogP contribution in [0.1, 0.15) is 34.1 Å². The lowest BCUT2D eigenvalue weighted by molar-refractivity contribution is -0.894. The van der Waals surface area contributed by atoms with Crippen molar-refractivity contribution in [2.75, 3.05) is 19.7 Å². The summed E-state index contributed by atoms with van der Waals surface area (Å²) in [6, 6.07) is -0.0187. The van der Waals surface area contributed by atoms with Crippen molar-refractivity contribution in [3.8, 4) is 0 Å². The molecule has 0 aromatic rings. The number of carbonyl (C=O) groups excluding carboxylic acids is 1. The normalized spacial score (nSPS) is 28.6. The van der Waals surface area contributed by atoms with E-state index in [0.29, 0.717) is 0 Å². The number of amides is 2. The first-order valence-corrected chi connectivity index (χ1v) is 13.1. The molecule has 1 fully saturated rings. The molecule has 0 spiro atoms. The molecule has 27 heavy (non-hydrogen) atoms. The summed E-state index contributed by atoms with van der Waals surface area (Å²) < 4.78 is 4.83. The van der Waals surface area contributed by atoms with Crippen molar-refractivity contribution in [1.82, 2.24) is 5.32 Å². The maximum absolute atomic E-state index is 12.3. The van der Waals surface area contributed by atoms with Crippen LogP contribution in [0.4, 0.5) is 9.59 Å². The molecule has 0 aromatic carbocycles. The standard InChI is InChI=1S/C18H34N2O6Si/c1-8-18(14(21)22)12-20(16(24)25,17(2,3)4)11-13(18)19-15(23)26-9-10-27(5,6)7/h13H,8-12H2,1-7H3,(H2-,19,21,22,23,24,25)/p+1. The van der Waals surface area contributed by atoms with Gasteiger partial charge in [0.25, 0.3) is 0 Å². The molecule has 3 atom stereocenters. The SMILES string of the molecule is CCC1(C(=O)O)C[N+](C(=O)O)(C(C)(C)C)CC1NC(=O)OCC[Si](C)(C)C. The fourth-order valence-corrected chi connectivity index (χ4v) is 4.34. The number of aliphatic carboxylic acids is 1. The fourth-order valence-electron chi connectivity index (χ4n) is 3.63. The van der Waals surface area contributed by atoms with Crippen LogP contribution < -0.4 is 5.32 Å². The molecular weight excluding hydrogens is 368 g/mol. The molecule has 1 aliphatic rings. The zero-order chi connectivity index (χ0) is 21.3. The predicted octanol–water partition coefficient (Wildman–Crippen LogP) is 3.21. The summed E-state index contributed by atoms with van der Waals surface area (Å²) in [4.78, 5) is 36.6. The summed E-state index contributed by atoms with van der Waals surface area (Å²) in [5, 5.41) is 22.5. The number of nitrogens with zero attached hydrogens (tertiary/aromatic N) is 1. The molecule has 0 radical (unpaired) electrons. The minimum Gasteiger partial charge on any atom is -0.481 e. The van der Waals surface area contributed by atoms with Crippen LogP contribution in [0.3, 0.4) is 0 Å². The van der Waals surface area contributed by atoms with Crippen molar-refractivity contribution < 1.29 is 33.8 Å². The van der Waals surface area contributed by atoms with Crippen molar-refractivity contribution in [2.24, 2.45) is 5.41 Å². The maximum Gasteiger partial charge on any atom is 0.514 e. The number of carboxylic acids is 1. The molecule has 3 N–H and O–H groups in total. The molecule has 9 heteroatoms. The second-order valence-corrected chi connectivity index (χ2v) is 15.3. The van der Waals surface area contributed by atoms with Gasteiger partial charge in [-0.3, -0.25) is 4.79 Å². The summed E-state index contributed by atoms with van der Waals surface area (Å²) in [6.45, 7) is 13.7. The van der Waals surface area contributed by atoms with Gasteiger partial charge in [0.1, 0.15) is 30.1 Å². The highest BCUT2D eigenvalue weighted by molar-refractivity contribution is 6.76. The smallest absolute Gasteiger partial charge is 0.481 e. The number of hydrogen-bond donors (Lipinski definition) is 3. The topological polar surface area (TPSA) is 113 Å². The number of alkyl carbamates (subject to hydrolysis) is 1. The molecule has 1 rings (SSSR count). The van der Waals surface area contributed by atoms with Crippen LogP contribution >= 0.6 is 0 Å². The van der Waals surface area contributed by atoms with Crippen molar-refractivity contribution in [3.63, 3.8) is 0 Å². The molecule has 0 bridgehead atoms. The van der Waals surface area contributed by atoms with Crippen LogP contribution in [-0.2, 0) is 9.53 Å². The zero-order valence-electron chi connectivity index (χ0n) is 17.6. The van der Waals surface area contributed by atoms with E-state index >= 15 is 0 Å². The molecule has 0 aromatic heterocycles. The lowest BCUT2D eigenvalue weighted by Gasteiger charge is -2.41. The minimum absolute atomic E-state index is 0.00208. The first kappa shape index (κ1) is 23.4. The Kier molecular flexibility index (Phi) is 6.76. The average Bonchev–Trinajstić information content (AvgIpc) is 2.82. The Morgan fingerprint density at radius 2 is 1.78 bits per heavy atom. The van der Waals surface area contributed by atoms with E-state index in [1.165, 1.54) is 0 Å². The van der Waals surface area contributed by atoms with Gasteiger partial charge in [0.2, 0.25) is 0 Å². The van der Waals surface area contributed by atoms with E-state index in [9.17, 15) is 24.6 Å².